The number of hydrogen-bond donors (Lipinski definition) is 1. The summed E-state index contributed by atoms with van der Waals surface area (Å²) in [5.74, 6) is 0.290. The number of amides is 1. The Bertz CT molecular complexity index is 1040. The average Bonchev–Trinajstić information content (AvgIpc) is 2.98. The molecule has 1 aromatic heterocycles. The minimum atomic E-state index is -0.287. The Labute approximate surface area is 168 Å². The number of carbonyl (C=O) groups is 1. The molecule has 0 radical (unpaired) electrons. The number of halogens is 1. The largest absolute Gasteiger partial charge is 0.367 e. The molecule has 0 saturated heterocycles. The highest BCUT2D eigenvalue weighted by molar-refractivity contribution is 6.31. The lowest BCUT2D eigenvalue weighted by atomic mass is 10.2. The fraction of sp³-hybridized carbons (Fsp3) is 0.190. The van der Waals surface area contributed by atoms with E-state index in [4.69, 9.17) is 21.6 Å². The van der Waals surface area contributed by atoms with Crippen molar-refractivity contribution in [3.8, 4) is 11.8 Å². The molecule has 0 unspecified atom stereocenters. The maximum Gasteiger partial charge on any atom is 0.251 e. The van der Waals surface area contributed by atoms with Crippen molar-refractivity contribution in [1.82, 2.24) is 9.78 Å². The molecule has 1 N–H and O–H groups in total. The summed E-state index contributed by atoms with van der Waals surface area (Å²) >= 11 is 6.09. The van der Waals surface area contributed by atoms with Gasteiger partial charge >= 0.3 is 0 Å². The summed E-state index contributed by atoms with van der Waals surface area (Å²) in [6.45, 7) is 3.91. The Kier molecular flexibility index (Phi) is 6.09. The molecule has 0 spiro atoms. The molecule has 0 fully saturated rings. The summed E-state index contributed by atoms with van der Waals surface area (Å²) in [6, 6.07) is 16.4. The Morgan fingerprint density at radius 3 is 2.61 bits per heavy atom. The summed E-state index contributed by atoms with van der Waals surface area (Å²) in [7, 11) is 0. The molecule has 3 rings (SSSR count). The summed E-state index contributed by atoms with van der Waals surface area (Å²) in [5.41, 5.74) is 3.80. The number of aryl methyl sites for hydroxylation is 1. The van der Waals surface area contributed by atoms with Crippen molar-refractivity contribution in [2.75, 3.05) is 11.9 Å². The molecule has 0 aliphatic heterocycles. The number of benzene rings is 2. The molecule has 3 aromatic rings. The highest BCUT2D eigenvalue weighted by Crippen LogP contribution is 2.23. The fourth-order valence-corrected chi connectivity index (χ4v) is 2.84. The van der Waals surface area contributed by atoms with Crippen LogP contribution in [-0.2, 0) is 16.1 Å². The van der Waals surface area contributed by atoms with E-state index < -0.39 is 0 Å². The highest BCUT2D eigenvalue weighted by Gasteiger charge is 2.16. The number of anilines is 1. The van der Waals surface area contributed by atoms with Gasteiger partial charge in [0, 0.05) is 10.6 Å². The van der Waals surface area contributed by atoms with Crippen molar-refractivity contribution in [3.05, 3.63) is 75.9 Å². The van der Waals surface area contributed by atoms with Crippen LogP contribution < -0.4 is 5.32 Å². The second-order valence-electron chi connectivity index (χ2n) is 6.26. The standard InChI is InChI=1S/C21H19ClN4O2/c1-14-15(2)25-26(18-9-7-16(11-23)8-10-18)21(14)24-20(27)13-28-12-17-5-3-4-6-19(17)22/h3-10H,12-13H2,1-2H3,(H,24,27). The van der Waals surface area contributed by atoms with Crippen molar-refractivity contribution in [2.24, 2.45) is 0 Å². The van der Waals surface area contributed by atoms with E-state index in [1.54, 1.807) is 35.0 Å². The van der Waals surface area contributed by atoms with Gasteiger partial charge in [0.25, 0.3) is 5.91 Å². The molecule has 7 heteroatoms. The first kappa shape index (κ1) is 19.6. The second kappa shape index (κ2) is 8.70. The first-order chi connectivity index (χ1) is 13.5. The third-order valence-corrected chi connectivity index (χ3v) is 4.68. The normalized spacial score (nSPS) is 10.5. The quantitative estimate of drug-likeness (QED) is 0.680. The number of aromatic nitrogens is 2. The maximum atomic E-state index is 12.4. The van der Waals surface area contributed by atoms with E-state index in [0.29, 0.717) is 16.4 Å². The van der Waals surface area contributed by atoms with Crippen LogP contribution in [0, 0.1) is 25.2 Å². The molecular weight excluding hydrogens is 376 g/mol. The van der Waals surface area contributed by atoms with Crippen LogP contribution in [0.5, 0.6) is 0 Å². The Balaban J connectivity index is 1.70. The number of carbonyl (C=O) groups excluding carboxylic acids is 1. The lowest BCUT2D eigenvalue weighted by molar-refractivity contribution is -0.121. The Morgan fingerprint density at radius 2 is 1.93 bits per heavy atom. The van der Waals surface area contributed by atoms with Crippen molar-refractivity contribution in [2.45, 2.75) is 20.5 Å². The van der Waals surface area contributed by atoms with Gasteiger partial charge in [-0.05, 0) is 49.7 Å². The van der Waals surface area contributed by atoms with Crippen LogP contribution in [0.25, 0.3) is 5.69 Å². The fourth-order valence-electron chi connectivity index (χ4n) is 2.65. The molecule has 0 aliphatic carbocycles. The van der Waals surface area contributed by atoms with Crippen LogP contribution in [0.3, 0.4) is 0 Å². The lowest BCUT2D eigenvalue weighted by Crippen LogP contribution is -2.20. The van der Waals surface area contributed by atoms with E-state index in [2.05, 4.69) is 16.5 Å². The van der Waals surface area contributed by atoms with Crippen LogP contribution in [0.4, 0.5) is 5.82 Å². The van der Waals surface area contributed by atoms with Crippen LogP contribution in [0.15, 0.2) is 48.5 Å². The topological polar surface area (TPSA) is 79.9 Å². The van der Waals surface area contributed by atoms with Crippen molar-refractivity contribution in [3.63, 3.8) is 0 Å². The summed E-state index contributed by atoms with van der Waals surface area (Å²) in [4.78, 5) is 12.4. The van der Waals surface area contributed by atoms with E-state index in [1.165, 1.54) is 0 Å². The smallest absolute Gasteiger partial charge is 0.251 e. The van der Waals surface area contributed by atoms with Gasteiger partial charge in [-0.25, -0.2) is 4.68 Å². The molecule has 142 valence electrons. The van der Waals surface area contributed by atoms with Gasteiger partial charge in [0.1, 0.15) is 12.4 Å². The summed E-state index contributed by atoms with van der Waals surface area (Å²) in [5, 5.41) is 16.9. The van der Waals surface area contributed by atoms with Gasteiger partial charge in [0.2, 0.25) is 0 Å². The number of rotatable bonds is 6. The van der Waals surface area contributed by atoms with Crippen LogP contribution in [0.1, 0.15) is 22.4 Å². The lowest BCUT2D eigenvalue weighted by Gasteiger charge is -2.11. The first-order valence-corrected chi connectivity index (χ1v) is 9.05. The second-order valence-corrected chi connectivity index (χ2v) is 6.67. The van der Waals surface area contributed by atoms with Crippen LogP contribution in [-0.4, -0.2) is 22.3 Å². The highest BCUT2D eigenvalue weighted by atomic mass is 35.5. The van der Waals surface area contributed by atoms with E-state index in [0.717, 1.165) is 22.5 Å². The molecule has 6 nitrogen and oxygen atoms in total. The molecule has 0 aliphatic rings. The molecule has 0 bridgehead atoms. The van der Waals surface area contributed by atoms with Crippen molar-refractivity contribution in [1.29, 1.82) is 5.26 Å². The summed E-state index contributed by atoms with van der Waals surface area (Å²) < 4.78 is 7.15. The Hall–Kier alpha value is -3.14. The van der Waals surface area contributed by atoms with Crippen LogP contribution >= 0.6 is 11.6 Å². The van der Waals surface area contributed by atoms with Gasteiger partial charge in [-0.3, -0.25) is 4.79 Å². The zero-order valence-electron chi connectivity index (χ0n) is 15.6. The SMILES string of the molecule is Cc1nn(-c2ccc(C#N)cc2)c(NC(=O)COCc2ccccc2Cl)c1C. The van der Waals surface area contributed by atoms with Gasteiger partial charge in [-0.1, -0.05) is 29.8 Å². The monoisotopic (exact) mass is 394 g/mol. The van der Waals surface area contributed by atoms with Gasteiger partial charge in [0.15, 0.2) is 0 Å². The van der Waals surface area contributed by atoms with Gasteiger partial charge in [0.05, 0.1) is 29.6 Å². The molecular formula is C21H19ClN4O2. The number of ether oxygens (including phenoxy) is 1. The van der Waals surface area contributed by atoms with E-state index >= 15 is 0 Å². The average molecular weight is 395 g/mol. The molecule has 0 atom stereocenters. The number of hydrogen-bond acceptors (Lipinski definition) is 4. The number of nitrogens with one attached hydrogen (secondary N) is 1. The molecule has 28 heavy (non-hydrogen) atoms. The summed E-state index contributed by atoms with van der Waals surface area (Å²) in [6.07, 6.45) is 0. The minimum Gasteiger partial charge on any atom is -0.367 e. The van der Waals surface area contributed by atoms with E-state index in [1.807, 2.05) is 32.0 Å². The number of nitriles is 1. The third kappa shape index (κ3) is 4.39. The Morgan fingerprint density at radius 1 is 1.21 bits per heavy atom. The van der Waals surface area contributed by atoms with Crippen molar-refractivity contribution >= 4 is 23.3 Å². The van der Waals surface area contributed by atoms with E-state index in [9.17, 15) is 4.79 Å². The molecule has 1 heterocycles. The van der Waals surface area contributed by atoms with Crippen LogP contribution in [0.2, 0.25) is 5.02 Å². The van der Waals surface area contributed by atoms with Gasteiger partial charge < -0.3 is 10.1 Å². The number of nitrogens with zero attached hydrogens (tertiary/aromatic N) is 3. The molecule has 0 saturated carbocycles. The zero-order chi connectivity index (χ0) is 20.1. The minimum absolute atomic E-state index is 0.109. The van der Waals surface area contributed by atoms with Gasteiger partial charge in [-0.2, -0.15) is 10.4 Å². The predicted octanol–water partition coefficient (Wildman–Crippen LogP) is 4.17. The third-order valence-electron chi connectivity index (χ3n) is 4.31. The zero-order valence-corrected chi connectivity index (χ0v) is 16.3. The van der Waals surface area contributed by atoms with Gasteiger partial charge in [-0.15, -0.1) is 0 Å². The first-order valence-electron chi connectivity index (χ1n) is 8.67. The van der Waals surface area contributed by atoms with Crippen molar-refractivity contribution < 1.29 is 9.53 Å². The molecule has 2 aromatic carbocycles. The van der Waals surface area contributed by atoms with E-state index in [-0.39, 0.29) is 19.1 Å². The molecule has 1 amide bonds. The maximum absolute atomic E-state index is 12.4. The predicted molar refractivity (Wildman–Crippen MR) is 107 cm³/mol.